The number of nitrogen functional groups attached to an aromatic ring is 1. The van der Waals surface area contributed by atoms with Gasteiger partial charge in [0.2, 0.25) is 0 Å². The predicted octanol–water partition coefficient (Wildman–Crippen LogP) is 0.0128. The molecule has 1 unspecified atom stereocenters. The average Bonchev–Trinajstić information content (AvgIpc) is 2.24. The Hall–Kier alpha value is -1.49. The Morgan fingerprint density at radius 2 is 2.08 bits per heavy atom. The summed E-state index contributed by atoms with van der Waals surface area (Å²) in [7, 11) is 0. The van der Waals surface area contributed by atoms with Crippen LogP contribution in [0.15, 0.2) is 11.3 Å². The Morgan fingerprint density at radius 3 is 2.69 bits per heavy atom. The molecule has 13 heavy (non-hydrogen) atoms. The highest BCUT2D eigenvalue weighted by molar-refractivity contribution is 6.02. The molecule has 1 atom stereocenters. The third-order valence-corrected chi connectivity index (χ3v) is 2.13. The topological polar surface area (TPSA) is 90.2 Å². The Labute approximate surface area is 75.9 Å². The van der Waals surface area contributed by atoms with Gasteiger partial charge in [-0.2, -0.15) is 0 Å². The van der Waals surface area contributed by atoms with E-state index in [4.69, 9.17) is 11.5 Å². The Morgan fingerprint density at radius 1 is 1.38 bits per heavy atom. The number of nitrogens with zero attached hydrogens (tertiary/aromatic N) is 3. The molecule has 0 fully saturated rings. The van der Waals surface area contributed by atoms with E-state index in [0.717, 1.165) is 17.0 Å². The van der Waals surface area contributed by atoms with Gasteiger partial charge in [-0.15, -0.1) is 0 Å². The number of hydrogen-bond acceptors (Lipinski definition) is 5. The normalized spacial score (nSPS) is 25.6. The first-order valence-corrected chi connectivity index (χ1v) is 3.99. The highest BCUT2D eigenvalue weighted by atomic mass is 15.1. The van der Waals surface area contributed by atoms with E-state index in [2.05, 4.69) is 15.0 Å². The van der Waals surface area contributed by atoms with Gasteiger partial charge in [-0.3, -0.25) is 4.99 Å². The molecule has 0 aliphatic carbocycles. The summed E-state index contributed by atoms with van der Waals surface area (Å²) < 4.78 is 0. The number of aromatic nitrogens is 2. The zero-order chi connectivity index (χ0) is 9.64. The lowest BCUT2D eigenvalue weighted by atomic mass is 10.0. The summed E-state index contributed by atoms with van der Waals surface area (Å²) in [4.78, 5) is 12.3. The third kappa shape index (κ3) is 1.01. The molecule has 0 radical (unpaired) electrons. The van der Waals surface area contributed by atoms with Crippen molar-refractivity contribution in [2.45, 2.75) is 19.5 Å². The quantitative estimate of drug-likeness (QED) is 0.584. The van der Waals surface area contributed by atoms with E-state index in [9.17, 15) is 0 Å². The highest BCUT2D eigenvalue weighted by Crippen LogP contribution is 2.32. The van der Waals surface area contributed by atoms with Gasteiger partial charge < -0.3 is 11.5 Å². The fourth-order valence-corrected chi connectivity index (χ4v) is 1.63. The van der Waals surface area contributed by atoms with E-state index >= 15 is 0 Å². The second-order valence-electron chi connectivity index (χ2n) is 3.33. The molecular weight excluding hydrogens is 166 g/mol. The fourth-order valence-electron chi connectivity index (χ4n) is 1.63. The number of anilines is 1. The lowest BCUT2D eigenvalue weighted by molar-refractivity contribution is 0.536. The minimum absolute atomic E-state index is 0.413. The van der Waals surface area contributed by atoms with Crippen molar-refractivity contribution in [3.63, 3.8) is 0 Å². The van der Waals surface area contributed by atoms with Crippen LogP contribution in [0, 0.1) is 0 Å². The average molecular weight is 177 g/mol. The van der Waals surface area contributed by atoms with Gasteiger partial charge in [0, 0.05) is 0 Å². The Kier molecular flexibility index (Phi) is 1.41. The first-order chi connectivity index (χ1) is 6.02. The number of hydrogen-bond donors (Lipinski definition) is 2. The van der Waals surface area contributed by atoms with Crippen molar-refractivity contribution in [2.75, 3.05) is 5.73 Å². The molecule has 0 amide bonds. The van der Waals surface area contributed by atoms with Gasteiger partial charge in [-0.25, -0.2) is 9.97 Å². The molecule has 0 bridgehead atoms. The number of fused-ring (bicyclic) bond motifs is 1. The van der Waals surface area contributed by atoms with Crippen LogP contribution in [-0.2, 0) is 5.66 Å². The largest absolute Gasteiger partial charge is 0.383 e. The molecule has 2 heterocycles. The maximum atomic E-state index is 5.93. The number of nitrogens with two attached hydrogens (primary N) is 2. The Bertz CT molecular complexity index is 394. The summed E-state index contributed by atoms with van der Waals surface area (Å²) in [5.41, 5.74) is 13.2. The van der Waals surface area contributed by atoms with Crippen molar-refractivity contribution in [3.05, 3.63) is 17.6 Å². The maximum absolute atomic E-state index is 5.93. The van der Waals surface area contributed by atoms with Crippen molar-refractivity contribution in [1.82, 2.24) is 9.97 Å². The SMILES string of the molecule is CC1=NC(C)(N)c2c(N)ncnc21. The molecule has 1 aliphatic heterocycles. The Balaban J connectivity index is 2.74. The summed E-state index contributed by atoms with van der Waals surface area (Å²) in [5.74, 6) is 0.413. The first-order valence-electron chi connectivity index (χ1n) is 3.99. The molecule has 1 aliphatic rings. The zero-order valence-corrected chi connectivity index (χ0v) is 7.57. The van der Waals surface area contributed by atoms with Crippen LogP contribution in [0.2, 0.25) is 0 Å². The summed E-state index contributed by atoms with van der Waals surface area (Å²) in [5, 5.41) is 0. The van der Waals surface area contributed by atoms with E-state index in [1.165, 1.54) is 6.33 Å². The lowest BCUT2D eigenvalue weighted by Gasteiger charge is -2.16. The van der Waals surface area contributed by atoms with Crippen molar-refractivity contribution < 1.29 is 0 Å². The molecule has 0 aromatic carbocycles. The molecule has 5 nitrogen and oxygen atoms in total. The summed E-state index contributed by atoms with van der Waals surface area (Å²) >= 11 is 0. The van der Waals surface area contributed by atoms with E-state index in [-0.39, 0.29) is 0 Å². The van der Waals surface area contributed by atoms with E-state index < -0.39 is 5.66 Å². The van der Waals surface area contributed by atoms with Crippen molar-refractivity contribution >= 4 is 11.5 Å². The number of aliphatic imine (C=N–C) groups is 1. The van der Waals surface area contributed by atoms with E-state index in [0.29, 0.717) is 5.82 Å². The standard InChI is InChI=1S/C8H11N5/c1-4-6-5(8(2,10)13-4)7(9)12-3-11-6/h3H,10H2,1-2H3,(H2,9,11,12). The molecule has 5 heteroatoms. The molecule has 0 saturated carbocycles. The second kappa shape index (κ2) is 2.26. The second-order valence-corrected chi connectivity index (χ2v) is 3.33. The molecule has 4 N–H and O–H groups in total. The molecule has 1 aromatic heterocycles. The number of rotatable bonds is 0. The van der Waals surface area contributed by atoms with Gasteiger partial charge in [0.1, 0.15) is 17.8 Å². The minimum atomic E-state index is -0.773. The zero-order valence-electron chi connectivity index (χ0n) is 7.57. The van der Waals surface area contributed by atoms with Crippen molar-refractivity contribution in [3.8, 4) is 0 Å². The van der Waals surface area contributed by atoms with Crippen LogP contribution < -0.4 is 11.5 Å². The summed E-state index contributed by atoms with van der Waals surface area (Å²) in [6, 6.07) is 0. The molecule has 68 valence electrons. The van der Waals surface area contributed by atoms with Crippen LogP contribution in [-0.4, -0.2) is 15.7 Å². The van der Waals surface area contributed by atoms with Crippen molar-refractivity contribution in [1.29, 1.82) is 0 Å². The molecule has 2 rings (SSSR count). The smallest absolute Gasteiger partial charge is 0.137 e. The minimum Gasteiger partial charge on any atom is -0.383 e. The lowest BCUT2D eigenvalue weighted by Crippen LogP contribution is -2.30. The van der Waals surface area contributed by atoms with Gasteiger partial charge in [-0.05, 0) is 13.8 Å². The summed E-state index contributed by atoms with van der Waals surface area (Å²) in [6.07, 6.45) is 1.43. The van der Waals surface area contributed by atoms with Crippen LogP contribution in [0.3, 0.4) is 0 Å². The van der Waals surface area contributed by atoms with E-state index in [1.54, 1.807) is 6.92 Å². The molecule has 0 saturated heterocycles. The third-order valence-electron chi connectivity index (χ3n) is 2.13. The van der Waals surface area contributed by atoms with Crippen LogP contribution in [0.25, 0.3) is 0 Å². The first kappa shape index (κ1) is 8.12. The van der Waals surface area contributed by atoms with Gasteiger partial charge >= 0.3 is 0 Å². The van der Waals surface area contributed by atoms with Crippen LogP contribution in [0.5, 0.6) is 0 Å². The predicted molar refractivity (Wildman–Crippen MR) is 50.2 cm³/mol. The maximum Gasteiger partial charge on any atom is 0.137 e. The van der Waals surface area contributed by atoms with Gasteiger partial charge in [-0.1, -0.05) is 0 Å². The van der Waals surface area contributed by atoms with Crippen LogP contribution in [0.1, 0.15) is 25.1 Å². The van der Waals surface area contributed by atoms with Gasteiger partial charge in [0.05, 0.1) is 17.0 Å². The molecule has 0 spiro atoms. The van der Waals surface area contributed by atoms with Gasteiger partial charge in [0.15, 0.2) is 0 Å². The molecular formula is C8H11N5. The van der Waals surface area contributed by atoms with Crippen LogP contribution in [0.4, 0.5) is 5.82 Å². The monoisotopic (exact) mass is 177 g/mol. The van der Waals surface area contributed by atoms with Crippen molar-refractivity contribution in [2.24, 2.45) is 10.7 Å². The van der Waals surface area contributed by atoms with Gasteiger partial charge in [0.25, 0.3) is 0 Å². The van der Waals surface area contributed by atoms with Crippen LogP contribution >= 0.6 is 0 Å². The van der Waals surface area contributed by atoms with E-state index in [1.807, 2.05) is 6.92 Å². The molecule has 1 aromatic rings. The highest BCUT2D eigenvalue weighted by Gasteiger charge is 2.34. The summed E-state index contributed by atoms with van der Waals surface area (Å²) in [6.45, 7) is 3.66. The fraction of sp³-hybridized carbons (Fsp3) is 0.375.